The summed E-state index contributed by atoms with van der Waals surface area (Å²) < 4.78 is 12.7. The van der Waals surface area contributed by atoms with Crippen molar-refractivity contribution in [1.82, 2.24) is 9.58 Å². The van der Waals surface area contributed by atoms with E-state index in [4.69, 9.17) is 9.47 Å². The van der Waals surface area contributed by atoms with Crippen molar-refractivity contribution in [2.45, 2.75) is 38.8 Å². The number of nitrogens with zero attached hydrogens (tertiary/aromatic N) is 2. The Hall–Kier alpha value is -2.02. The number of ether oxygens (including phenoxy) is 2. The molecule has 1 fully saturated rings. The summed E-state index contributed by atoms with van der Waals surface area (Å²) in [5.74, 6) is -0.0373. The van der Waals surface area contributed by atoms with Crippen molar-refractivity contribution in [2.75, 3.05) is 31.8 Å². The van der Waals surface area contributed by atoms with Gasteiger partial charge in [-0.05, 0) is 6.42 Å². The molecule has 0 aliphatic carbocycles. The van der Waals surface area contributed by atoms with Crippen molar-refractivity contribution in [3.63, 3.8) is 0 Å². The molecule has 1 aromatic heterocycles. The molecule has 1 atom stereocenters. The summed E-state index contributed by atoms with van der Waals surface area (Å²) in [6, 6.07) is 1.42. The highest BCUT2D eigenvalue weighted by Gasteiger charge is 2.36. The number of carbonyl (C=O) groups is 1. The molecular weight excluding hydrogens is 298 g/mol. The second-order valence-corrected chi connectivity index (χ2v) is 5.86. The van der Waals surface area contributed by atoms with E-state index in [2.05, 4.69) is 12.3 Å². The highest BCUT2D eigenvalue weighted by atomic mass is 16.5. The van der Waals surface area contributed by atoms with Gasteiger partial charge in [0.15, 0.2) is 11.4 Å². The third kappa shape index (κ3) is 3.19. The molecule has 3 rings (SSSR count). The zero-order valence-corrected chi connectivity index (χ0v) is 13.4. The summed E-state index contributed by atoms with van der Waals surface area (Å²) in [4.78, 5) is 26.6. The number of carbonyl (C=O) groups excluding carboxylic acids is 1. The van der Waals surface area contributed by atoms with Gasteiger partial charge >= 0.3 is 0 Å². The number of morpholine rings is 1. The highest BCUT2D eigenvalue weighted by Crippen LogP contribution is 2.22. The average Bonchev–Trinajstić information content (AvgIpc) is 2.57. The lowest BCUT2D eigenvalue weighted by molar-refractivity contribution is -0.00324. The largest absolute Gasteiger partial charge is 0.487 e. The number of hydrogen-bond acceptors (Lipinski definition) is 5. The third-order valence-electron chi connectivity index (χ3n) is 4.18. The molecule has 3 heterocycles. The van der Waals surface area contributed by atoms with Gasteiger partial charge in [0.25, 0.3) is 5.91 Å². The number of aromatic nitrogens is 1. The van der Waals surface area contributed by atoms with Crippen molar-refractivity contribution >= 4 is 5.91 Å². The SMILES string of the molecule is CCCCCCOc1c2n(ccc1=O)N[C@H]1COCCN1C2=O. The second-order valence-electron chi connectivity index (χ2n) is 5.86. The van der Waals surface area contributed by atoms with E-state index in [0.29, 0.717) is 26.4 Å². The Balaban J connectivity index is 1.81. The number of pyridine rings is 1. The fraction of sp³-hybridized carbons (Fsp3) is 0.625. The van der Waals surface area contributed by atoms with E-state index in [1.165, 1.54) is 6.07 Å². The fourth-order valence-corrected chi connectivity index (χ4v) is 2.92. The van der Waals surface area contributed by atoms with Gasteiger partial charge in [0, 0.05) is 18.8 Å². The van der Waals surface area contributed by atoms with Gasteiger partial charge in [-0.1, -0.05) is 26.2 Å². The van der Waals surface area contributed by atoms with Gasteiger partial charge in [0.2, 0.25) is 5.43 Å². The zero-order valence-electron chi connectivity index (χ0n) is 13.4. The van der Waals surface area contributed by atoms with Crippen LogP contribution in [0.1, 0.15) is 43.1 Å². The van der Waals surface area contributed by atoms with Crippen LogP contribution in [-0.4, -0.2) is 48.0 Å². The number of amides is 1. The lowest BCUT2D eigenvalue weighted by Gasteiger charge is -2.41. The summed E-state index contributed by atoms with van der Waals surface area (Å²) in [5, 5.41) is 0. The average molecular weight is 321 g/mol. The maximum absolute atomic E-state index is 12.7. The van der Waals surface area contributed by atoms with Gasteiger partial charge < -0.3 is 19.8 Å². The van der Waals surface area contributed by atoms with Crippen LogP contribution in [0.3, 0.4) is 0 Å². The molecule has 1 amide bonds. The molecule has 0 aromatic carbocycles. The first-order valence-electron chi connectivity index (χ1n) is 8.26. The topological polar surface area (TPSA) is 72.8 Å². The minimum Gasteiger partial charge on any atom is -0.487 e. The Kier molecular flexibility index (Phi) is 4.85. The Morgan fingerprint density at radius 1 is 1.35 bits per heavy atom. The Labute approximate surface area is 135 Å². The predicted molar refractivity (Wildman–Crippen MR) is 85.3 cm³/mol. The Morgan fingerprint density at radius 2 is 2.22 bits per heavy atom. The molecular formula is C16H23N3O4. The summed E-state index contributed by atoms with van der Waals surface area (Å²) in [5.41, 5.74) is 3.21. The fourth-order valence-electron chi connectivity index (χ4n) is 2.92. The van der Waals surface area contributed by atoms with Crippen LogP contribution in [0.15, 0.2) is 17.1 Å². The maximum Gasteiger partial charge on any atom is 0.278 e. The van der Waals surface area contributed by atoms with Crippen LogP contribution in [0.4, 0.5) is 0 Å². The first-order valence-corrected chi connectivity index (χ1v) is 8.26. The van der Waals surface area contributed by atoms with Gasteiger partial charge in [-0.25, -0.2) is 0 Å². The minimum absolute atomic E-state index is 0.145. The normalized spacial score (nSPS) is 19.8. The van der Waals surface area contributed by atoms with Crippen molar-refractivity contribution in [3.05, 3.63) is 28.2 Å². The van der Waals surface area contributed by atoms with Crippen LogP contribution in [-0.2, 0) is 4.74 Å². The van der Waals surface area contributed by atoms with Crippen molar-refractivity contribution < 1.29 is 14.3 Å². The molecule has 1 N–H and O–H groups in total. The molecule has 1 aromatic rings. The first-order chi connectivity index (χ1) is 11.2. The van der Waals surface area contributed by atoms with Crippen LogP contribution in [0.5, 0.6) is 5.75 Å². The number of fused-ring (bicyclic) bond motifs is 2. The molecule has 7 nitrogen and oxygen atoms in total. The minimum atomic E-state index is -0.256. The zero-order chi connectivity index (χ0) is 16.2. The predicted octanol–water partition coefficient (Wildman–Crippen LogP) is 1.16. The van der Waals surface area contributed by atoms with Crippen LogP contribution < -0.4 is 15.6 Å². The van der Waals surface area contributed by atoms with Gasteiger partial charge in [0.05, 0.1) is 19.8 Å². The monoisotopic (exact) mass is 321 g/mol. The Bertz CT molecular complexity index is 628. The molecule has 2 aliphatic heterocycles. The first kappa shape index (κ1) is 15.9. The smallest absolute Gasteiger partial charge is 0.278 e. The highest BCUT2D eigenvalue weighted by molar-refractivity contribution is 5.96. The van der Waals surface area contributed by atoms with Gasteiger partial charge in [-0.2, -0.15) is 0 Å². The van der Waals surface area contributed by atoms with E-state index in [0.717, 1.165) is 25.7 Å². The molecule has 1 saturated heterocycles. The second kappa shape index (κ2) is 7.04. The van der Waals surface area contributed by atoms with Crippen LogP contribution >= 0.6 is 0 Å². The number of rotatable bonds is 6. The van der Waals surface area contributed by atoms with E-state index >= 15 is 0 Å². The van der Waals surface area contributed by atoms with E-state index < -0.39 is 0 Å². The van der Waals surface area contributed by atoms with Crippen molar-refractivity contribution in [3.8, 4) is 5.75 Å². The summed E-state index contributed by atoms with van der Waals surface area (Å²) in [6.45, 7) is 4.05. The standard InChI is InChI=1S/C16H23N3O4/c1-2-3-4-5-9-23-15-12(20)6-7-19-14(15)16(21)18-8-10-22-11-13(18)17-19/h6-7,13,17H,2-5,8-11H2,1H3/t13-/m1/s1. The van der Waals surface area contributed by atoms with Gasteiger partial charge in [-0.15, -0.1) is 0 Å². The molecule has 126 valence electrons. The molecule has 7 heteroatoms. The third-order valence-corrected chi connectivity index (χ3v) is 4.18. The van der Waals surface area contributed by atoms with Crippen LogP contribution in [0, 0.1) is 0 Å². The molecule has 0 saturated carbocycles. The van der Waals surface area contributed by atoms with E-state index in [-0.39, 0.29) is 28.9 Å². The Morgan fingerprint density at radius 3 is 3.04 bits per heavy atom. The molecule has 0 unspecified atom stereocenters. The molecule has 0 bridgehead atoms. The van der Waals surface area contributed by atoms with Crippen LogP contribution in [0.2, 0.25) is 0 Å². The lowest BCUT2D eigenvalue weighted by Crippen LogP contribution is -2.59. The lowest BCUT2D eigenvalue weighted by atomic mass is 10.2. The summed E-state index contributed by atoms with van der Waals surface area (Å²) >= 11 is 0. The molecule has 0 radical (unpaired) electrons. The maximum atomic E-state index is 12.7. The van der Waals surface area contributed by atoms with E-state index in [9.17, 15) is 9.59 Å². The van der Waals surface area contributed by atoms with E-state index in [1.54, 1.807) is 15.8 Å². The van der Waals surface area contributed by atoms with Crippen molar-refractivity contribution in [2.24, 2.45) is 0 Å². The van der Waals surface area contributed by atoms with Gasteiger partial charge in [0.1, 0.15) is 6.17 Å². The number of nitrogens with one attached hydrogen (secondary N) is 1. The number of unbranched alkanes of at least 4 members (excludes halogenated alkanes) is 3. The van der Waals surface area contributed by atoms with Crippen molar-refractivity contribution in [1.29, 1.82) is 0 Å². The van der Waals surface area contributed by atoms with Crippen LogP contribution in [0.25, 0.3) is 0 Å². The number of hydrogen-bond donors (Lipinski definition) is 1. The molecule has 2 aliphatic rings. The summed E-state index contributed by atoms with van der Waals surface area (Å²) in [6.07, 6.45) is 5.60. The molecule has 23 heavy (non-hydrogen) atoms. The quantitative estimate of drug-likeness (QED) is 0.796. The van der Waals surface area contributed by atoms with Gasteiger partial charge in [-0.3, -0.25) is 14.3 Å². The summed E-state index contributed by atoms with van der Waals surface area (Å²) in [7, 11) is 0. The molecule has 0 spiro atoms. The van der Waals surface area contributed by atoms with E-state index in [1.807, 2.05) is 0 Å².